The Kier molecular flexibility index (Phi) is 5.98. The van der Waals surface area contributed by atoms with E-state index in [0.29, 0.717) is 19.0 Å². The fraction of sp³-hybridized carbons (Fsp3) is 0.913. The van der Waals surface area contributed by atoms with E-state index in [1.807, 2.05) is 6.92 Å². The highest BCUT2D eigenvalue weighted by Crippen LogP contribution is 2.51. The van der Waals surface area contributed by atoms with Gasteiger partial charge in [0, 0.05) is 45.2 Å². The number of hydrogen-bond donors (Lipinski definition) is 1. The van der Waals surface area contributed by atoms with Crippen LogP contribution in [-0.2, 0) is 23.8 Å². The number of hydrogen-bond acceptors (Lipinski definition) is 7. The third kappa shape index (κ3) is 3.26. The lowest BCUT2D eigenvalue weighted by Gasteiger charge is -2.41. The predicted molar refractivity (Wildman–Crippen MR) is 115 cm³/mol. The quantitative estimate of drug-likeness (QED) is 0.516. The fourth-order valence-electron chi connectivity index (χ4n) is 7.00. The molecule has 3 saturated carbocycles. The molecule has 3 aliphatic carbocycles. The largest absolute Gasteiger partial charge is 0.380 e. The van der Waals surface area contributed by atoms with Gasteiger partial charge < -0.3 is 14.2 Å². The van der Waals surface area contributed by atoms with Crippen LogP contribution in [0.5, 0.6) is 0 Å². The molecule has 9 atom stereocenters. The Balaban J connectivity index is 1.42. The summed E-state index contributed by atoms with van der Waals surface area (Å²) in [5.74, 6) is -1.15. The molecule has 5 aliphatic rings. The van der Waals surface area contributed by atoms with Crippen molar-refractivity contribution in [3.05, 3.63) is 0 Å². The maximum Gasteiger partial charge on any atom is 0.188 e. The van der Waals surface area contributed by atoms with Gasteiger partial charge in [0.1, 0.15) is 0 Å². The number of rotatable bonds is 3. The van der Waals surface area contributed by atoms with Crippen molar-refractivity contribution in [3.63, 3.8) is 0 Å². The standard InChI is InChI=1S/C23H35ClN2O5/c1-12-9-15-14(11-26(25-15)13-7-5-4-6-8-13)21(27)23(12)22(28)18-16(29-2)10-17(30-3)19(24)20(18)31-23/h12-20,25H,4-11H2,1-3H3/t12-,14?,15?,16?,17?,18?,19?,20?,23+/m1/s1. The number of methoxy groups -OCH3 is 2. The van der Waals surface area contributed by atoms with Gasteiger partial charge in [0.15, 0.2) is 17.2 Å². The molecule has 31 heavy (non-hydrogen) atoms. The molecule has 1 N–H and O–H groups in total. The number of halogens is 1. The number of carbonyl (C=O) groups excluding carboxylic acids is 2. The monoisotopic (exact) mass is 454 g/mol. The summed E-state index contributed by atoms with van der Waals surface area (Å²) in [7, 11) is 3.22. The summed E-state index contributed by atoms with van der Waals surface area (Å²) >= 11 is 6.72. The Labute approximate surface area is 189 Å². The third-order valence-electron chi connectivity index (χ3n) is 8.71. The van der Waals surface area contributed by atoms with Crippen LogP contribution in [0.15, 0.2) is 0 Å². The lowest BCUT2D eigenvalue weighted by Crippen LogP contribution is -2.61. The van der Waals surface area contributed by atoms with Gasteiger partial charge in [0.2, 0.25) is 0 Å². The summed E-state index contributed by atoms with van der Waals surface area (Å²) in [6.45, 7) is 2.64. The summed E-state index contributed by atoms with van der Waals surface area (Å²) < 4.78 is 17.7. The van der Waals surface area contributed by atoms with E-state index in [2.05, 4.69) is 10.4 Å². The van der Waals surface area contributed by atoms with E-state index >= 15 is 0 Å². The van der Waals surface area contributed by atoms with E-state index in [-0.39, 0.29) is 41.7 Å². The Morgan fingerprint density at radius 1 is 1.06 bits per heavy atom. The van der Waals surface area contributed by atoms with Gasteiger partial charge in [-0.2, -0.15) is 0 Å². The van der Waals surface area contributed by atoms with E-state index in [4.69, 9.17) is 25.8 Å². The number of ketones is 2. The first-order valence-corrected chi connectivity index (χ1v) is 12.3. The average Bonchev–Trinajstić information content (AvgIpc) is 3.34. The number of fused-ring (bicyclic) bond motifs is 2. The summed E-state index contributed by atoms with van der Waals surface area (Å²) in [6.07, 6.45) is 6.20. The zero-order valence-corrected chi connectivity index (χ0v) is 19.5. The number of nitrogens with zero attached hydrogens (tertiary/aromatic N) is 1. The molecule has 7 unspecified atom stereocenters. The highest BCUT2D eigenvalue weighted by Gasteiger charge is 2.70. The molecule has 1 spiro atoms. The Morgan fingerprint density at radius 3 is 2.45 bits per heavy atom. The van der Waals surface area contributed by atoms with Crippen LogP contribution < -0.4 is 5.43 Å². The van der Waals surface area contributed by atoms with Crippen LogP contribution in [-0.4, -0.2) is 78.7 Å². The SMILES string of the molecule is COC1CC(OC)C2C(=O)[C@@]3(OC2C1Cl)C(=O)C1CN(C2CCCCC2)NC1C[C@H]3C. The average molecular weight is 455 g/mol. The van der Waals surface area contributed by atoms with E-state index < -0.39 is 23.0 Å². The van der Waals surface area contributed by atoms with E-state index in [0.717, 1.165) is 6.42 Å². The van der Waals surface area contributed by atoms with Crippen LogP contribution in [0.25, 0.3) is 0 Å². The van der Waals surface area contributed by atoms with Crippen LogP contribution in [0.4, 0.5) is 0 Å². The smallest absolute Gasteiger partial charge is 0.188 e. The van der Waals surface area contributed by atoms with Crippen LogP contribution in [0.3, 0.4) is 0 Å². The molecule has 0 radical (unpaired) electrons. The molecule has 2 saturated heterocycles. The van der Waals surface area contributed by atoms with Crippen molar-refractivity contribution in [1.82, 2.24) is 10.4 Å². The summed E-state index contributed by atoms with van der Waals surface area (Å²) in [4.78, 5) is 27.8. The number of hydrazine groups is 1. The molecule has 5 rings (SSSR count). The lowest BCUT2D eigenvalue weighted by atomic mass is 9.65. The minimum atomic E-state index is -1.41. The van der Waals surface area contributed by atoms with Gasteiger partial charge in [0.05, 0.1) is 35.5 Å². The molecule has 0 aromatic carbocycles. The minimum Gasteiger partial charge on any atom is -0.380 e. The molecule has 5 fully saturated rings. The van der Waals surface area contributed by atoms with Crippen molar-refractivity contribution in [3.8, 4) is 0 Å². The van der Waals surface area contributed by atoms with Crippen LogP contribution >= 0.6 is 11.6 Å². The molecule has 174 valence electrons. The van der Waals surface area contributed by atoms with Crippen molar-refractivity contribution >= 4 is 23.2 Å². The van der Waals surface area contributed by atoms with Crippen LogP contribution in [0, 0.1) is 17.8 Å². The molecule has 0 aromatic heterocycles. The first kappa shape index (κ1) is 22.2. The number of alkyl halides is 1. The van der Waals surface area contributed by atoms with Crippen molar-refractivity contribution in [2.75, 3.05) is 20.8 Å². The van der Waals surface area contributed by atoms with Crippen molar-refractivity contribution < 1.29 is 23.8 Å². The molecule has 8 heteroatoms. The number of ether oxygens (including phenoxy) is 3. The van der Waals surface area contributed by atoms with Gasteiger partial charge in [-0.3, -0.25) is 15.0 Å². The molecular weight excluding hydrogens is 420 g/mol. The molecule has 0 amide bonds. The second kappa shape index (κ2) is 8.33. The molecule has 2 aliphatic heterocycles. The molecule has 2 heterocycles. The normalized spacial score (nSPS) is 48.9. The van der Waals surface area contributed by atoms with Gasteiger partial charge in [-0.15, -0.1) is 11.6 Å². The fourth-order valence-corrected chi connectivity index (χ4v) is 7.41. The lowest BCUT2D eigenvalue weighted by molar-refractivity contribution is -0.168. The van der Waals surface area contributed by atoms with E-state index in [1.165, 1.54) is 32.1 Å². The molecule has 0 bridgehead atoms. The van der Waals surface area contributed by atoms with Crippen LogP contribution in [0.2, 0.25) is 0 Å². The Bertz CT molecular complexity index is 731. The Hall–Kier alpha value is -0.570. The van der Waals surface area contributed by atoms with Crippen molar-refractivity contribution in [1.29, 1.82) is 0 Å². The first-order valence-electron chi connectivity index (χ1n) is 11.9. The van der Waals surface area contributed by atoms with Gasteiger partial charge in [-0.1, -0.05) is 26.2 Å². The summed E-state index contributed by atoms with van der Waals surface area (Å²) in [6, 6.07) is 0.555. The van der Waals surface area contributed by atoms with Crippen molar-refractivity contribution in [2.24, 2.45) is 17.8 Å². The predicted octanol–water partition coefficient (Wildman–Crippen LogP) is 2.10. The molecular formula is C23H35ClN2O5. The van der Waals surface area contributed by atoms with Gasteiger partial charge in [0.25, 0.3) is 0 Å². The second-order valence-electron chi connectivity index (χ2n) is 10.2. The summed E-state index contributed by atoms with van der Waals surface area (Å²) in [5, 5.41) is 1.80. The Morgan fingerprint density at radius 2 is 1.77 bits per heavy atom. The minimum absolute atomic E-state index is 0.0610. The van der Waals surface area contributed by atoms with Gasteiger partial charge in [-0.05, 0) is 19.3 Å². The molecule has 0 aromatic rings. The third-order valence-corrected chi connectivity index (χ3v) is 9.24. The zero-order chi connectivity index (χ0) is 21.9. The van der Waals surface area contributed by atoms with Gasteiger partial charge >= 0.3 is 0 Å². The zero-order valence-electron chi connectivity index (χ0n) is 18.7. The van der Waals surface area contributed by atoms with E-state index in [9.17, 15) is 9.59 Å². The number of carbonyl (C=O) groups is 2. The second-order valence-corrected chi connectivity index (χ2v) is 10.7. The molecule has 7 nitrogen and oxygen atoms in total. The van der Waals surface area contributed by atoms with Crippen LogP contribution in [0.1, 0.15) is 51.9 Å². The first-order chi connectivity index (χ1) is 14.9. The topological polar surface area (TPSA) is 77.1 Å². The highest BCUT2D eigenvalue weighted by atomic mass is 35.5. The van der Waals surface area contributed by atoms with Crippen molar-refractivity contribution in [2.45, 2.75) is 93.2 Å². The maximum atomic E-state index is 13.9. The number of nitrogens with one attached hydrogen (secondary N) is 1. The number of Topliss-reactive ketones (excluding diaryl/α,β-unsaturated/α-hetero) is 2. The maximum absolute atomic E-state index is 13.9. The van der Waals surface area contributed by atoms with Gasteiger partial charge in [-0.25, -0.2) is 5.01 Å². The highest BCUT2D eigenvalue weighted by molar-refractivity contribution is 6.23. The van der Waals surface area contributed by atoms with E-state index in [1.54, 1.807) is 14.2 Å². The summed E-state index contributed by atoms with van der Waals surface area (Å²) in [5.41, 5.74) is 2.22.